The molecule has 1 saturated heterocycles. The number of para-hydroxylation sites is 1. The first kappa shape index (κ1) is 18.5. The third kappa shape index (κ3) is 4.19. The quantitative estimate of drug-likeness (QED) is 0.788. The number of nitrogens with zero attached hydrogens (tertiary/aromatic N) is 3. The van der Waals surface area contributed by atoms with Gasteiger partial charge in [0.05, 0.1) is 29.8 Å². The minimum absolute atomic E-state index is 0.237. The molecule has 0 spiro atoms. The Hall–Kier alpha value is -1.85. The van der Waals surface area contributed by atoms with E-state index in [-0.39, 0.29) is 10.6 Å². The molecule has 1 saturated carbocycles. The number of aromatic nitrogens is 2. The van der Waals surface area contributed by atoms with Crippen LogP contribution < -0.4 is 10.5 Å². The normalized spacial score (nSPS) is 19.4. The summed E-state index contributed by atoms with van der Waals surface area (Å²) in [7, 11) is 0. The third-order valence-electron chi connectivity index (χ3n) is 5.62. The van der Waals surface area contributed by atoms with E-state index in [4.69, 9.17) is 16.3 Å². The number of ether oxygens (including phenoxy) is 1. The monoisotopic (exact) mass is 387 g/mol. The van der Waals surface area contributed by atoms with Crippen molar-refractivity contribution >= 4 is 17.3 Å². The Kier molecular flexibility index (Phi) is 5.79. The van der Waals surface area contributed by atoms with E-state index in [0.29, 0.717) is 12.2 Å². The van der Waals surface area contributed by atoms with Crippen molar-refractivity contribution < 1.29 is 4.74 Å². The second-order valence-electron chi connectivity index (χ2n) is 7.48. The van der Waals surface area contributed by atoms with Gasteiger partial charge in [-0.3, -0.25) is 4.79 Å². The van der Waals surface area contributed by atoms with Crippen LogP contribution in [0.2, 0.25) is 5.02 Å². The zero-order valence-electron chi connectivity index (χ0n) is 15.5. The van der Waals surface area contributed by atoms with Crippen molar-refractivity contribution in [3.05, 3.63) is 51.9 Å². The maximum Gasteiger partial charge on any atom is 0.292 e. The summed E-state index contributed by atoms with van der Waals surface area (Å²) < 4.78 is 7.66. The van der Waals surface area contributed by atoms with Crippen molar-refractivity contribution in [3.63, 3.8) is 0 Å². The topological polar surface area (TPSA) is 47.4 Å². The summed E-state index contributed by atoms with van der Waals surface area (Å²) in [5.74, 6) is 0. The van der Waals surface area contributed by atoms with Crippen molar-refractivity contribution in [1.82, 2.24) is 9.78 Å². The Balaban J connectivity index is 1.42. The smallest absolute Gasteiger partial charge is 0.292 e. The number of anilines is 1. The van der Waals surface area contributed by atoms with Gasteiger partial charge in [-0.15, -0.1) is 0 Å². The van der Waals surface area contributed by atoms with E-state index in [1.54, 1.807) is 6.20 Å². The minimum Gasteiger partial charge on any atom is -0.375 e. The van der Waals surface area contributed by atoms with E-state index < -0.39 is 0 Å². The predicted molar refractivity (Wildman–Crippen MR) is 108 cm³/mol. The largest absolute Gasteiger partial charge is 0.375 e. The van der Waals surface area contributed by atoms with Gasteiger partial charge in [-0.2, -0.15) is 9.78 Å². The van der Waals surface area contributed by atoms with E-state index in [0.717, 1.165) is 37.3 Å². The molecule has 0 radical (unpaired) electrons. The van der Waals surface area contributed by atoms with Crippen LogP contribution in [0.25, 0.3) is 5.69 Å². The summed E-state index contributed by atoms with van der Waals surface area (Å²) in [6, 6.07) is 9.35. The Bertz CT molecular complexity index is 810. The van der Waals surface area contributed by atoms with Crippen LogP contribution in [0.1, 0.15) is 44.9 Å². The lowest BCUT2D eigenvalue weighted by atomic mass is 9.97. The summed E-state index contributed by atoms with van der Waals surface area (Å²) in [5.41, 5.74) is 1.17. The molecule has 144 valence electrons. The molecular formula is C21H26ClN3O2. The van der Waals surface area contributed by atoms with Crippen LogP contribution in [-0.2, 0) is 4.74 Å². The van der Waals surface area contributed by atoms with Crippen molar-refractivity contribution in [2.45, 2.75) is 57.2 Å². The second-order valence-corrected chi connectivity index (χ2v) is 7.86. The zero-order chi connectivity index (χ0) is 18.6. The fourth-order valence-corrected chi connectivity index (χ4v) is 4.35. The van der Waals surface area contributed by atoms with E-state index in [1.165, 1.54) is 36.8 Å². The summed E-state index contributed by atoms with van der Waals surface area (Å²) in [4.78, 5) is 14.8. The van der Waals surface area contributed by atoms with E-state index >= 15 is 0 Å². The molecule has 27 heavy (non-hydrogen) atoms. The van der Waals surface area contributed by atoms with Gasteiger partial charge in [0.25, 0.3) is 5.56 Å². The van der Waals surface area contributed by atoms with Crippen molar-refractivity contribution in [2.24, 2.45) is 0 Å². The first-order valence-corrected chi connectivity index (χ1v) is 10.3. The molecule has 0 bridgehead atoms. The molecule has 1 aromatic heterocycles. The zero-order valence-corrected chi connectivity index (χ0v) is 16.3. The summed E-state index contributed by atoms with van der Waals surface area (Å²) in [6.45, 7) is 1.68. The van der Waals surface area contributed by atoms with Gasteiger partial charge in [-0.1, -0.05) is 49.1 Å². The Labute approximate surface area is 164 Å². The summed E-state index contributed by atoms with van der Waals surface area (Å²) >= 11 is 6.43. The van der Waals surface area contributed by atoms with Crippen LogP contribution in [0.15, 0.2) is 41.3 Å². The standard InChI is InChI=1S/C21H26ClN3O2/c22-20-19(15-23-25(21(20)26)16-7-3-1-4-8-16)24-13-11-18(12-14-24)27-17-9-5-2-6-10-17/h1,3-4,7-8,15,17-18H,2,5-6,9-14H2. The van der Waals surface area contributed by atoms with Crippen molar-refractivity contribution in [2.75, 3.05) is 18.0 Å². The molecule has 1 aromatic carbocycles. The van der Waals surface area contributed by atoms with E-state index in [1.807, 2.05) is 30.3 Å². The van der Waals surface area contributed by atoms with E-state index in [2.05, 4.69) is 10.00 Å². The molecule has 6 heteroatoms. The molecule has 2 aliphatic rings. The van der Waals surface area contributed by atoms with Crippen molar-refractivity contribution in [3.8, 4) is 5.69 Å². The van der Waals surface area contributed by atoms with Crippen molar-refractivity contribution in [1.29, 1.82) is 0 Å². The molecule has 1 aliphatic carbocycles. The highest BCUT2D eigenvalue weighted by Crippen LogP contribution is 2.28. The number of piperidine rings is 1. The number of rotatable bonds is 4. The molecule has 0 unspecified atom stereocenters. The number of hydrogen-bond acceptors (Lipinski definition) is 4. The molecule has 5 nitrogen and oxygen atoms in total. The van der Waals surface area contributed by atoms with Gasteiger partial charge >= 0.3 is 0 Å². The molecule has 2 heterocycles. The van der Waals surface area contributed by atoms with Crippen LogP contribution in [-0.4, -0.2) is 35.1 Å². The highest BCUT2D eigenvalue weighted by Gasteiger charge is 2.26. The fourth-order valence-electron chi connectivity index (χ4n) is 4.10. The Morgan fingerprint density at radius 3 is 2.33 bits per heavy atom. The average Bonchev–Trinajstić information content (AvgIpc) is 2.72. The molecule has 2 aromatic rings. The maximum atomic E-state index is 12.7. The van der Waals surface area contributed by atoms with Crippen LogP contribution in [0.4, 0.5) is 5.69 Å². The molecule has 1 aliphatic heterocycles. The molecule has 0 amide bonds. The Morgan fingerprint density at radius 2 is 1.63 bits per heavy atom. The first-order chi connectivity index (χ1) is 13.2. The SMILES string of the molecule is O=c1c(Cl)c(N2CCC(OC3CCCCC3)CC2)cnn1-c1ccccc1. The number of hydrogen-bond donors (Lipinski definition) is 0. The molecule has 0 atom stereocenters. The Morgan fingerprint density at radius 1 is 0.963 bits per heavy atom. The molecule has 0 N–H and O–H groups in total. The van der Waals surface area contributed by atoms with Gasteiger partial charge in [0, 0.05) is 13.1 Å². The average molecular weight is 388 g/mol. The summed E-state index contributed by atoms with van der Waals surface area (Å²) in [6.07, 6.45) is 10.7. The van der Waals surface area contributed by atoms with Gasteiger partial charge in [0.2, 0.25) is 0 Å². The van der Waals surface area contributed by atoms with Crippen LogP contribution >= 0.6 is 11.6 Å². The third-order valence-corrected chi connectivity index (χ3v) is 5.98. The highest BCUT2D eigenvalue weighted by atomic mass is 35.5. The maximum absolute atomic E-state index is 12.7. The lowest BCUT2D eigenvalue weighted by Crippen LogP contribution is -2.40. The van der Waals surface area contributed by atoms with Crippen LogP contribution in [0, 0.1) is 0 Å². The molecule has 2 fully saturated rings. The lowest BCUT2D eigenvalue weighted by molar-refractivity contribution is -0.0395. The van der Waals surface area contributed by atoms with Gasteiger partial charge in [-0.25, -0.2) is 0 Å². The fraction of sp³-hybridized carbons (Fsp3) is 0.524. The number of benzene rings is 1. The van der Waals surface area contributed by atoms with Crippen LogP contribution in [0.3, 0.4) is 0 Å². The molecule has 4 rings (SSSR count). The summed E-state index contributed by atoms with van der Waals surface area (Å²) in [5, 5.41) is 4.58. The van der Waals surface area contributed by atoms with Gasteiger partial charge < -0.3 is 9.64 Å². The highest BCUT2D eigenvalue weighted by molar-refractivity contribution is 6.33. The predicted octanol–water partition coefficient (Wildman–Crippen LogP) is 4.20. The van der Waals surface area contributed by atoms with Gasteiger partial charge in [0.15, 0.2) is 0 Å². The van der Waals surface area contributed by atoms with Gasteiger partial charge in [0.1, 0.15) is 5.02 Å². The number of halogens is 1. The van der Waals surface area contributed by atoms with E-state index in [9.17, 15) is 4.79 Å². The van der Waals surface area contributed by atoms with Gasteiger partial charge in [-0.05, 0) is 37.8 Å². The molecular weight excluding hydrogens is 362 g/mol. The van der Waals surface area contributed by atoms with Crippen LogP contribution in [0.5, 0.6) is 0 Å². The lowest BCUT2D eigenvalue weighted by Gasteiger charge is -2.36. The second kappa shape index (κ2) is 8.44. The minimum atomic E-state index is -0.277. The first-order valence-electron chi connectivity index (χ1n) is 9.96.